The Morgan fingerprint density at radius 3 is 2.57 bits per heavy atom. The van der Waals surface area contributed by atoms with Gasteiger partial charge < -0.3 is 14.8 Å². The van der Waals surface area contributed by atoms with Gasteiger partial charge in [-0.15, -0.1) is 0 Å². The van der Waals surface area contributed by atoms with E-state index >= 15 is 0 Å². The van der Waals surface area contributed by atoms with Crippen LogP contribution in [0.2, 0.25) is 0 Å². The highest BCUT2D eigenvalue weighted by molar-refractivity contribution is 5.30. The molecule has 1 rings (SSSR count). The molecule has 0 saturated carbocycles. The smallest absolute Gasteiger partial charge is 0.382 e. The zero-order valence-corrected chi connectivity index (χ0v) is 11.8. The molecule has 0 aliphatic heterocycles. The normalized spacial score (nSPS) is 11.9. The van der Waals surface area contributed by atoms with E-state index in [0.29, 0.717) is 38.9 Å². The van der Waals surface area contributed by atoms with E-state index in [9.17, 15) is 17.6 Å². The molecule has 0 unspecified atom stereocenters. The number of benzene rings is 1. The van der Waals surface area contributed by atoms with E-state index < -0.39 is 17.6 Å². The number of rotatable bonds is 9. The number of methoxy groups -OCH3 is 1. The van der Waals surface area contributed by atoms with Crippen molar-refractivity contribution in [2.45, 2.75) is 19.1 Å². The summed E-state index contributed by atoms with van der Waals surface area (Å²) in [5.74, 6) is -0.891. The molecule has 0 heterocycles. The van der Waals surface area contributed by atoms with Crippen LogP contribution >= 0.6 is 0 Å². The Labute approximate surface area is 121 Å². The van der Waals surface area contributed by atoms with Gasteiger partial charge in [0.25, 0.3) is 0 Å². The van der Waals surface area contributed by atoms with Gasteiger partial charge in [-0.2, -0.15) is 13.2 Å². The summed E-state index contributed by atoms with van der Waals surface area (Å²) in [6, 6.07) is 2.70. The Morgan fingerprint density at radius 2 is 1.90 bits per heavy atom. The third-order valence-electron chi connectivity index (χ3n) is 2.77. The van der Waals surface area contributed by atoms with Crippen molar-refractivity contribution in [1.29, 1.82) is 0 Å². The zero-order valence-electron chi connectivity index (χ0n) is 11.8. The topological polar surface area (TPSA) is 30.5 Å². The SMILES string of the molecule is COCCOCCCNCc1ccc(F)cc1C(F)(F)F. The highest BCUT2D eigenvalue weighted by Crippen LogP contribution is 2.32. The molecule has 7 heteroatoms. The highest BCUT2D eigenvalue weighted by atomic mass is 19.4. The van der Waals surface area contributed by atoms with Crippen LogP contribution in [-0.2, 0) is 22.2 Å². The van der Waals surface area contributed by atoms with Crippen LogP contribution in [-0.4, -0.2) is 33.5 Å². The summed E-state index contributed by atoms with van der Waals surface area (Å²) in [5.41, 5.74) is -0.907. The van der Waals surface area contributed by atoms with Crippen LogP contribution in [0, 0.1) is 5.82 Å². The first-order valence-electron chi connectivity index (χ1n) is 6.58. The minimum atomic E-state index is -4.55. The van der Waals surface area contributed by atoms with Crippen molar-refractivity contribution < 1.29 is 27.0 Å². The highest BCUT2D eigenvalue weighted by Gasteiger charge is 2.33. The largest absolute Gasteiger partial charge is 0.416 e. The zero-order chi connectivity index (χ0) is 15.7. The molecule has 0 amide bonds. The molecule has 1 aromatic rings. The monoisotopic (exact) mass is 309 g/mol. The summed E-state index contributed by atoms with van der Waals surface area (Å²) in [6.07, 6.45) is -3.88. The Kier molecular flexibility index (Phi) is 7.63. The van der Waals surface area contributed by atoms with Crippen LogP contribution in [0.1, 0.15) is 17.5 Å². The summed E-state index contributed by atoms with van der Waals surface area (Å²) >= 11 is 0. The molecule has 0 atom stereocenters. The molecule has 1 aromatic carbocycles. The van der Waals surface area contributed by atoms with Gasteiger partial charge in [-0.25, -0.2) is 4.39 Å². The van der Waals surface area contributed by atoms with Gasteiger partial charge in [-0.3, -0.25) is 0 Å². The molecule has 120 valence electrons. The molecule has 0 aliphatic carbocycles. The first kappa shape index (κ1) is 17.9. The first-order chi connectivity index (χ1) is 9.95. The van der Waals surface area contributed by atoms with Gasteiger partial charge in [0.2, 0.25) is 0 Å². The van der Waals surface area contributed by atoms with Crippen molar-refractivity contribution >= 4 is 0 Å². The Bertz CT molecular complexity index is 424. The molecule has 0 aliphatic rings. The van der Waals surface area contributed by atoms with E-state index in [2.05, 4.69) is 5.32 Å². The summed E-state index contributed by atoms with van der Waals surface area (Å²) < 4.78 is 61.2. The van der Waals surface area contributed by atoms with Crippen molar-refractivity contribution in [1.82, 2.24) is 5.32 Å². The predicted molar refractivity (Wildman–Crippen MR) is 70.4 cm³/mol. The standard InChI is InChI=1S/C14H19F4NO2/c1-20-7-8-21-6-2-5-19-10-11-3-4-12(15)9-13(11)14(16,17)18/h3-4,9,19H,2,5-8,10H2,1H3. The minimum Gasteiger partial charge on any atom is -0.382 e. The minimum absolute atomic E-state index is 0.0317. The number of nitrogens with one attached hydrogen (secondary N) is 1. The number of halogens is 4. The van der Waals surface area contributed by atoms with Crippen LogP contribution in [0.4, 0.5) is 17.6 Å². The summed E-state index contributed by atoms with van der Waals surface area (Å²) in [5, 5.41) is 2.89. The average molecular weight is 309 g/mol. The van der Waals surface area contributed by atoms with E-state index in [1.54, 1.807) is 7.11 Å². The lowest BCUT2D eigenvalue weighted by atomic mass is 10.1. The summed E-state index contributed by atoms with van der Waals surface area (Å²) in [7, 11) is 1.58. The molecule has 0 bridgehead atoms. The second kappa shape index (κ2) is 8.96. The van der Waals surface area contributed by atoms with Gasteiger partial charge in [0.05, 0.1) is 18.8 Å². The van der Waals surface area contributed by atoms with Gasteiger partial charge in [0, 0.05) is 20.3 Å². The maximum absolute atomic E-state index is 12.9. The van der Waals surface area contributed by atoms with Gasteiger partial charge in [0.15, 0.2) is 0 Å². The number of hydrogen-bond donors (Lipinski definition) is 1. The second-order valence-corrected chi connectivity index (χ2v) is 4.43. The molecular formula is C14H19F4NO2. The maximum atomic E-state index is 12.9. The molecule has 0 spiro atoms. The molecule has 21 heavy (non-hydrogen) atoms. The van der Waals surface area contributed by atoms with Gasteiger partial charge in [-0.1, -0.05) is 6.07 Å². The number of hydrogen-bond acceptors (Lipinski definition) is 3. The fourth-order valence-corrected chi connectivity index (χ4v) is 1.73. The molecule has 0 aromatic heterocycles. The predicted octanol–water partition coefficient (Wildman–Crippen LogP) is 2.99. The molecule has 3 nitrogen and oxygen atoms in total. The summed E-state index contributed by atoms with van der Waals surface area (Å²) in [4.78, 5) is 0. The summed E-state index contributed by atoms with van der Waals surface area (Å²) in [6.45, 7) is 2.06. The first-order valence-corrected chi connectivity index (χ1v) is 6.58. The second-order valence-electron chi connectivity index (χ2n) is 4.43. The van der Waals surface area contributed by atoms with Crippen LogP contribution < -0.4 is 5.32 Å². The van der Waals surface area contributed by atoms with Crippen LogP contribution in [0.25, 0.3) is 0 Å². The van der Waals surface area contributed by atoms with E-state index in [-0.39, 0.29) is 12.1 Å². The fraction of sp³-hybridized carbons (Fsp3) is 0.571. The van der Waals surface area contributed by atoms with E-state index in [1.807, 2.05) is 0 Å². The Hall–Kier alpha value is -1.18. The quantitative estimate of drug-likeness (QED) is 0.562. The lowest BCUT2D eigenvalue weighted by Crippen LogP contribution is -2.20. The van der Waals surface area contributed by atoms with Crippen LogP contribution in [0.3, 0.4) is 0 Å². The number of alkyl halides is 3. The third-order valence-corrected chi connectivity index (χ3v) is 2.77. The van der Waals surface area contributed by atoms with Gasteiger partial charge >= 0.3 is 6.18 Å². The molecular weight excluding hydrogens is 290 g/mol. The lowest BCUT2D eigenvalue weighted by molar-refractivity contribution is -0.138. The molecule has 0 fully saturated rings. The van der Waals surface area contributed by atoms with E-state index in [4.69, 9.17) is 9.47 Å². The van der Waals surface area contributed by atoms with Gasteiger partial charge in [-0.05, 0) is 30.7 Å². The van der Waals surface area contributed by atoms with Gasteiger partial charge in [0.1, 0.15) is 5.82 Å². The van der Waals surface area contributed by atoms with Crippen LogP contribution in [0.15, 0.2) is 18.2 Å². The van der Waals surface area contributed by atoms with Crippen LogP contribution in [0.5, 0.6) is 0 Å². The lowest BCUT2D eigenvalue weighted by Gasteiger charge is -2.13. The third kappa shape index (κ3) is 6.88. The van der Waals surface area contributed by atoms with Crippen molar-refractivity contribution in [3.8, 4) is 0 Å². The Balaban J connectivity index is 2.35. The average Bonchev–Trinajstić information content (AvgIpc) is 2.42. The van der Waals surface area contributed by atoms with Crippen molar-refractivity contribution in [2.75, 3.05) is 33.5 Å². The maximum Gasteiger partial charge on any atom is 0.416 e. The molecule has 0 saturated heterocycles. The van der Waals surface area contributed by atoms with E-state index in [1.165, 1.54) is 0 Å². The fourth-order valence-electron chi connectivity index (χ4n) is 1.73. The van der Waals surface area contributed by atoms with Crippen molar-refractivity contribution in [3.05, 3.63) is 35.1 Å². The Morgan fingerprint density at radius 1 is 1.14 bits per heavy atom. The number of ether oxygens (including phenoxy) is 2. The molecule has 1 N–H and O–H groups in total. The van der Waals surface area contributed by atoms with Crippen molar-refractivity contribution in [3.63, 3.8) is 0 Å². The van der Waals surface area contributed by atoms with E-state index in [0.717, 1.165) is 12.1 Å². The van der Waals surface area contributed by atoms with Crippen molar-refractivity contribution in [2.24, 2.45) is 0 Å². The molecule has 0 radical (unpaired) electrons.